The van der Waals surface area contributed by atoms with Crippen molar-refractivity contribution >= 4 is 11.7 Å². The molecule has 0 aliphatic heterocycles. The van der Waals surface area contributed by atoms with Gasteiger partial charge in [-0.05, 0) is 6.92 Å². The van der Waals surface area contributed by atoms with E-state index in [0.717, 1.165) is 0 Å². The Morgan fingerprint density at radius 2 is 1.77 bits per heavy atom. The fourth-order valence-electron chi connectivity index (χ4n) is 0.518. The summed E-state index contributed by atoms with van der Waals surface area (Å²) < 4.78 is 0. The average Bonchev–Trinajstić information content (AvgIpc) is 2.16. The fraction of sp³-hybridized carbons (Fsp3) is 0.400. The van der Waals surface area contributed by atoms with E-state index in [0.29, 0.717) is 5.57 Å². The monoisotopic (exact) mass is 183 g/mol. The van der Waals surface area contributed by atoms with Gasteiger partial charge in [-0.3, -0.25) is 9.59 Å². The Bertz CT molecular complexity index is 217. The van der Waals surface area contributed by atoms with E-state index in [1.165, 1.54) is 26.1 Å². The van der Waals surface area contributed by atoms with Crippen molar-refractivity contribution in [2.75, 3.05) is 7.05 Å². The third-order valence-corrected chi connectivity index (χ3v) is 1.16. The number of ketones is 1. The van der Waals surface area contributed by atoms with Gasteiger partial charge in [0.15, 0.2) is 5.78 Å². The zero-order valence-electron chi connectivity index (χ0n) is 8.68. The number of allylic oxidation sites excluding steroid dienone is 2. The molecule has 0 aromatic rings. The van der Waals surface area contributed by atoms with Crippen LogP contribution >= 0.6 is 0 Å². The van der Waals surface area contributed by atoms with E-state index in [1.807, 2.05) is 13.8 Å². The number of carbonyl (C=O) groups excluding carboxylic acids is 2. The number of carbonyl (C=O) groups is 2. The Morgan fingerprint density at radius 3 is 2.00 bits per heavy atom. The lowest BCUT2D eigenvalue weighted by Gasteiger charge is -1.94. The normalized spacial score (nSPS) is 9.38. The molecular weight excluding hydrogens is 166 g/mol. The van der Waals surface area contributed by atoms with Gasteiger partial charge in [0.05, 0.1) is 0 Å². The van der Waals surface area contributed by atoms with Gasteiger partial charge in [-0.1, -0.05) is 26.5 Å². The summed E-state index contributed by atoms with van der Waals surface area (Å²) >= 11 is 0. The van der Waals surface area contributed by atoms with Crippen LogP contribution < -0.4 is 5.32 Å². The number of nitrogens with one attached hydrogen (secondary N) is 1. The molecule has 0 aromatic carbocycles. The Morgan fingerprint density at radius 1 is 1.31 bits per heavy atom. The maximum Gasteiger partial charge on any atom is 0.244 e. The summed E-state index contributed by atoms with van der Waals surface area (Å²) in [6, 6.07) is 0. The van der Waals surface area contributed by atoms with Crippen LogP contribution in [0.2, 0.25) is 0 Å². The minimum atomic E-state index is -0.296. The van der Waals surface area contributed by atoms with Gasteiger partial charge in [-0.15, -0.1) is 0 Å². The highest BCUT2D eigenvalue weighted by atomic mass is 16.1. The van der Waals surface area contributed by atoms with Crippen molar-refractivity contribution in [3.05, 3.63) is 24.3 Å². The summed E-state index contributed by atoms with van der Waals surface area (Å²) in [6.45, 7) is 8.79. The standard InChI is InChI=1S/C8H11NO2.C2H6/c1-4-7(6(2)10)5-8(11)9-3;1-2/h4-5H,1H2,2-3H3,(H,9,11);1-2H3/b7-5+;. The van der Waals surface area contributed by atoms with E-state index < -0.39 is 0 Å². The van der Waals surface area contributed by atoms with Gasteiger partial charge in [0.25, 0.3) is 0 Å². The fourth-order valence-corrected chi connectivity index (χ4v) is 0.518. The first-order chi connectivity index (χ1) is 6.11. The first-order valence-corrected chi connectivity index (χ1v) is 4.18. The Kier molecular flexibility index (Phi) is 9.49. The molecule has 0 aliphatic carbocycles. The molecule has 0 unspecified atom stereocenters. The summed E-state index contributed by atoms with van der Waals surface area (Å²) in [5.41, 5.74) is 0.323. The largest absolute Gasteiger partial charge is 0.356 e. The van der Waals surface area contributed by atoms with Crippen molar-refractivity contribution in [1.82, 2.24) is 5.32 Å². The van der Waals surface area contributed by atoms with Crippen LogP contribution in [0.3, 0.4) is 0 Å². The smallest absolute Gasteiger partial charge is 0.244 e. The second-order valence-corrected chi connectivity index (χ2v) is 1.97. The summed E-state index contributed by atoms with van der Waals surface area (Å²) in [4.78, 5) is 21.4. The van der Waals surface area contributed by atoms with Crippen LogP contribution in [-0.2, 0) is 9.59 Å². The SMILES string of the molecule is C=C/C(=C\C(=O)NC)C(C)=O.CC. The minimum absolute atomic E-state index is 0.163. The number of Topliss-reactive ketones (excluding diaryl/α,β-unsaturated/α-hetero) is 1. The molecule has 0 atom stereocenters. The second kappa shape index (κ2) is 8.71. The predicted octanol–water partition coefficient (Wildman–Crippen LogP) is 1.46. The van der Waals surface area contributed by atoms with Gasteiger partial charge in [-0.2, -0.15) is 0 Å². The van der Waals surface area contributed by atoms with Crippen LogP contribution in [0.5, 0.6) is 0 Å². The van der Waals surface area contributed by atoms with Gasteiger partial charge >= 0.3 is 0 Å². The summed E-state index contributed by atoms with van der Waals surface area (Å²) in [5, 5.41) is 2.37. The minimum Gasteiger partial charge on any atom is -0.356 e. The maximum atomic E-state index is 10.7. The van der Waals surface area contributed by atoms with Gasteiger partial charge < -0.3 is 5.32 Å². The van der Waals surface area contributed by atoms with Crippen LogP contribution in [-0.4, -0.2) is 18.7 Å². The van der Waals surface area contributed by atoms with Crippen LogP contribution in [0.15, 0.2) is 24.3 Å². The third-order valence-electron chi connectivity index (χ3n) is 1.16. The number of hydrogen-bond donors (Lipinski definition) is 1. The summed E-state index contributed by atoms with van der Waals surface area (Å²) in [6.07, 6.45) is 2.58. The molecule has 1 amide bonds. The molecular formula is C10H17NO2. The van der Waals surface area contributed by atoms with Crippen LogP contribution in [0.4, 0.5) is 0 Å². The van der Waals surface area contributed by atoms with Crippen molar-refractivity contribution in [3.8, 4) is 0 Å². The third kappa shape index (κ3) is 7.00. The lowest BCUT2D eigenvalue weighted by atomic mass is 10.2. The number of hydrogen-bond acceptors (Lipinski definition) is 2. The second-order valence-electron chi connectivity index (χ2n) is 1.97. The number of rotatable bonds is 3. The average molecular weight is 183 g/mol. The Hall–Kier alpha value is -1.38. The Balaban J connectivity index is 0. The summed E-state index contributed by atoms with van der Waals surface area (Å²) in [5.74, 6) is -0.460. The van der Waals surface area contributed by atoms with Crippen molar-refractivity contribution < 1.29 is 9.59 Å². The molecule has 0 rings (SSSR count). The topological polar surface area (TPSA) is 46.2 Å². The lowest BCUT2D eigenvalue weighted by molar-refractivity contribution is -0.117. The lowest BCUT2D eigenvalue weighted by Crippen LogP contribution is -2.15. The highest BCUT2D eigenvalue weighted by molar-refractivity contribution is 6.02. The molecule has 0 bridgehead atoms. The van der Waals surface area contributed by atoms with Gasteiger partial charge in [0.2, 0.25) is 5.91 Å². The van der Waals surface area contributed by atoms with Gasteiger partial charge in [0.1, 0.15) is 0 Å². The molecule has 3 heteroatoms. The first kappa shape index (κ1) is 14.2. The highest BCUT2D eigenvalue weighted by Gasteiger charge is 2.00. The number of likely N-dealkylation sites (N-methyl/N-ethyl adjacent to an activating group) is 1. The predicted molar refractivity (Wildman–Crippen MR) is 54.4 cm³/mol. The van der Waals surface area contributed by atoms with E-state index in [2.05, 4.69) is 11.9 Å². The van der Waals surface area contributed by atoms with E-state index in [4.69, 9.17) is 0 Å². The van der Waals surface area contributed by atoms with Crippen molar-refractivity contribution in [1.29, 1.82) is 0 Å². The highest BCUT2D eigenvalue weighted by Crippen LogP contribution is 1.95. The maximum absolute atomic E-state index is 10.7. The summed E-state index contributed by atoms with van der Waals surface area (Å²) in [7, 11) is 1.50. The van der Waals surface area contributed by atoms with E-state index in [-0.39, 0.29) is 11.7 Å². The molecule has 0 aliphatic rings. The quantitative estimate of drug-likeness (QED) is 0.532. The van der Waals surface area contributed by atoms with Crippen molar-refractivity contribution in [2.45, 2.75) is 20.8 Å². The Labute approximate surface area is 79.5 Å². The molecule has 0 heterocycles. The molecule has 74 valence electrons. The van der Waals surface area contributed by atoms with Gasteiger partial charge in [-0.25, -0.2) is 0 Å². The van der Waals surface area contributed by atoms with E-state index >= 15 is 0 Å². The first-order valence-electron chi connectivity index (χ1n) is 4.18. The zero-order valence-corrected chi connectivity index (χ0v) is 8.68. The molecule has 13 heavy (non-hydrogen) atoms. The van der Waals surface area contributed by atoms with Crippen LogP contribution in [0.25, 0.3) is 0 Å². The van der Waals surface area contributed by atoms with E-state index in [9.17, 15) is 9.59 Å². The molecule has 0 saturated carbocycles. The molecule has 0 saturated heterocycles. The molecule has 1 N–H and O–H groups in total. The van der Waals surface area contributed by atoms with Crippen LogP contribution in [0, 0.1) is 0 Å². The van der Waals surface area contributed by atoms with E-state index in [1.54, 1.807) is 0 Å². The zero-order chi connectivity index (χ0) is 10.9. The van der Waals surface area contributed by atoms with Crippen molar-refractivity contribution in [2.24, 2.45) is 0 Å². The molecule has 0 spiro atoms. The number of amides is 1. The van der Waals surface area contributed by atoms with Crippen LogP contribution in [0.1, 0.15) is 20.8 Å². The van der Waals surface area contributed by atoms with Gasteiger partial charge in [0, 0.05) is 18.7 Å². The molecule has 0 aromatic heterocycles. The molecule has 0 radical (unpaired) electrons. The molecule has 0 fully saturated rings. The molecule has 3 nitrogen and oxygen atoms in total. The van der Waals surface area contributed by atoms with Crippen molar-refractivity contribution in [3.63, 3.8) is 0 Å².